The number of aryl methyl sites for hydroxylation is 1. The number of nitrogens with two attached hydrogens (primary N) is 2. The third-order valence-corrected chi connectivity index (χ3v) is 3.01. The minimum atomic E-state index is 0.181. The molecule has 1 unspecified atom stereocenters. The summed E-state index contributed by atoms with van der Waals surface area (Å²) in [5.74, 6) is 0. The van der Waals surface area contributed by atoms with Crippen LogP contribution < -0.4 is 11.5 Å². The second-order valence-corrected chi connectivity index (χ2v) is 5.44. The number of nitrogen functional groups attached to an aromatic ring is 1. The molecule has 0 saturated carbocycles. The fourth-order valence-corrected chi connectivity index (χ4v) is 1.59. The third kappa shape index (κ3) is 3.81. The number of anilines is 1. The van der Waals surface area contributed by atoms with Crippen molar-refractivity contribution < 1.29 is 0 Å². The molecule has 4 N–H and O–H groups in total. The topological polar surface area (TPSA) is 64.9 Å². The van der Waals surface area contributed by atoms with Crippen molar-refractivity contribution in [1.82, 2.24) is 4.98 Å². The first-order valence-corrected chi connectivity index (χ1v) is 5.85. The lowest BCUT2D eigenvalue weighted by molar-refractivity contribution is 0.301. The van der Waals surface area contributed by atoms with Crippen LogP contribution in [-0.4, -0.2) is 11.0 Å². The SMILES string of the molecule is CC(C)(C)C(N)CCCc1cnccc1N. The Labute approximate surface area is 98.3 Å². The summed E-state index contributed by atoms with van der Waals surface area (Å²) in [5, 5.41) is 0. The van der Waals surface area contributed by atoms with Crippen LogP contribution >= 0.6 is 0 Å². The molecule has 1 atom stereocenters. The van der Waals surface area contributed by atoms with Gasteiger partial charge in [-0.1, -0.05) is 20.8 Å². The Morgan fingerprint density at radius 3 is 2.62 bits per heavy atom. The number of hydrogen-bond donors (Lipinski definition) is 2. The highest BCUT2D eigenvalue weighted by atomic mass is 14.7. The largest absolute Gasteiger partial charge is 0.398 e. The van der Waals surface area contributed by atoms with Gasteiger partial charge in [0, 0.05) is 24.1 Å². The molecule has 0 aromatic carbocycles. The van der Waals surface area contributed by atoms with Gasteiger partial charge in [-0.2, -0.15) is 0 Å². The van der Waals surface area contributed by atoms with Crippen LogP contribution in [0.25, 0.3) is 0 Å². The highest BCUT2D eigenvalue weighted by Gasteiger charge is 2.19. The summed E-state index contributed by atoms with van der Waals surface area (Å²) >= 11 is 0. The average Bonchev–Trinajstić information content (AvgIpc) is 2.19. The van der Waals surface area contributed by atoms with Crippen molar-refractivity contribution in [3.8, 4) is 0 Å². The van der Waals surface area contributed by atoms with Gasteiger partial charge in [0.05, 0.1) is 0 Å². The lowest BCUT2D eigenvalue weighted by Gasteiger charge is -2.27. The Morgan fingerprint density at radius 1 is 1.38 bits per heavy atom. The van der Waals surface area contributed by atoms with E-state index in [1.807, 2.05) is 12.3 Å². The van der Waals surface area contributed by atoms with Gasteiger partial charge in [0.15, 0.2) is 0 Å². The molecule has 90 valence electrons. The Kier molecular flexibility index (Phi) is 4.30. The molecule has 0 aliphatic heterocycles. The average molecular weight is 221 g/mol. The van der Waals surface area contributed by atoms with E-state index in [1.165, 1.54) is 0 Å². The van der Waals surface area contributed by atoms with E-state index in [0.29, 0.717) is 0 Å². The molecule has 3 heteroatoms. The summed E-state index contributed by atoms with van der Waals surface area (Å²) in [6, 6.07) is 2.09. The highest BCUT2D eigenvalue weighted by molar-refractivity contribution is 5.44. The minimum absolute atomic E-state index is 0.181. The molecule has 16 heavy (non-hydrogen) atoms. The molecule has 0 aliphatic carbocycles. The fourth-order valence-electron chi connectivity index (χ4n) is 1.59. The van der Waals surface area contributed by atoms with Gasteiger partial charge in [0.1, 0.15) is 0 Å². The van der Waals surface area contributed by atoms with Crippen LogP contribution in [0.2, 0.25) is 0 Å². The van der Waals surface area contributed by atoms with Gasteiger partial charge < -0.3 is 11.5 Å². The lowest BCUT2D eigenvalue weighted by atomic mass is 9.84. The lowest BCUT2D eigenvalue weighted by Crippen LogP contribution is -2.34. The van der Waals surface area contributed by atoms with Crippen molar-refractivity contribution in [2.24, 2.45) is 11.1 Å². The van der Waals surface area contributed by atoms with Gasteiger partial charge in [-0.05, 0) is 36.3 Å². The molecular formula is C13H23N3. The van der Waals surface area contributed by atoms with E-state index in [4.69, 9.17) is 11.5 Å². The Balaban J connectivity index is 2.40. The Morgan fingerprint density at radius 2 is 2.06 bits per heavy atom. The van der Waals surface area contributed by atoms with Crippen LogP contribution in [0, 0.1) is 5.41 Å². The van der Waals surface area contributed by atoms with Gasteiger partial charge in [0.25, 0.3) is 0 Å². The molecule has 1 aromatic heterocycles. The number of pyridine rings is 1. The molecule has 0 saturated heterocycles. The number of aromatic nitrogens is 1. The molecule has 0 fully saturated rings. The second-order valence-electron chi connectivity index (χ2n) is 5.44. The zero-order valence-electron chi connectivity index (χ0n) is 10.5. The highest BCUT2D eigenvalue weighted by Crippen LogP contribution is 2.22. The maximum atomic E-state index is 6.11. The first-order valence-electron chi connectivity index (χ1n) is 5.85. The molecule has 1 rings (SSSR count). The summed E-state index contributed by atoms with van der Waals surface area (Å²) in [6.45, 7) is 6.53. The van der Waals surface area contributed by atoms with Gasteiger partial charge in [0.2, 0.25) is 0 Å². The van der Waals surface area contributed by atoms with Crippen molar-refractivity contribution >= 4 is 5.69 Å². The Bertz CT molecular complexity index is 328. The summed E-state index contributed by atoms with van der Waals surface area (Å²) < 4.78 is 0. The van der Waals surface area contributed by atoms with Gasteiger partial charge in [-0.15, -0.1) is 0 Å². The monoisotopic (exact) mass is 221 g/mol. The van der Waals surface area contributed by atoms with Crippen molar-refractivity contribution in [3.63, 3.8) is 0 Å². The van der Waals surface area contributed by atoms with Crippen molar-refractivity contribution in [2.45, 2.75) is 46.1 Å². The first kappa shape index (κ1) is 13.0. The van der Waals surface area contributed by atoms with Crippen LogP contribution in [0.4, 0.5) is 5.69 Å². The molecule has 1 heterocycles. The summed E-state index contributed by atoms with van der Waals surface area (Å²) in [6.07, 6.45) is 6.62. The predicted octanol–water partition coefficient (Wildman–Crippen LogP) is 2.36. The molecule has 3 nitrogen and oxygen atoms in total. The maximum Gasteiger partial charge on any atom is 0.0377 e. The standard InChI is InChI=1S/C13H23N3/c1-13(2,3)12(15)6-4-5-10-9-16-8-7-11(10)14/h7-9,12H,4-6,15H2,1-3H3,(H2,14,16). The zero-order chi connectivity index (χ0) is 12.2. The molecule has 0 aliphatic rings. The third-order valence-electron chi connectivity index (χ3n) is 3.01. The van der Waals surface area contributed by atoms with E-state index in [1.54, 1.807) is 6.20 Å². The molecule has 0 bridgehead atoms. The number of nitrogens with zero attached hydrogens (tertiary/aromatic N) is 1. The molecule has 1 aromatic rings. The number of hydrogen-bond acceptors (Lipinski definition) is 3. The maximum absolute atomic E-state index is 6.11. The summed E-state index contributed by atoms with van der Waals surface area (Å²) in [5.41, 5.74) is 14.1. The van der Waals surface area contributed by atoms with Crippen LogP contribution in [0.3, 0.4) is 0 Å². The van der Waals surface area contributed by atoms with E-state index in [-0.39, 0.29) is 11.5 Å². The normalized spacial score (nSPS) is 13.8. The van der Waals surface area contributed by atoms with Crippen molar-refractivity contribution in [1.29, 1.82) is 0 Å². The molecule has 0 radical (unpaired) electrons. The van der Waals surface area contributed by atoms with Crippen molar-refractivity contribution in [2.75, 3.05) is 5.73 Å². The van der Waals surface area contributed by atoms with Crippen LogP contribution in [0.5, 0.6) is 0 Å². The molecule has 0 amide bonds. The molecular weight excluding hydrogens is 198 g/mol. The quantitative estimate of drug-likeness (QED) is 0.820. The fraction of sp³-hybridized carbons (Fsp3) is 0.615. The van der Waals surface area contributed by atoms with E-state index in [2.05, 4.69) is 25.8 Å². The number of rotatable bonds is 4. The van der Waals surface area contributed by atoms with Gasteiger partial charge in [-0.3, -0.25) is 4.98 Å². The molecule has 0 spiro atoms. The van der Waals surface area contributed by atoms with Crippen LogP contribution in [-0.2, 0) is 6.42 Å². The van der Waals surface area contributed by atoms with E-state index in [0.717, 1.165) is 30.5 Å². The van der Waals surface area contributed by atoms with Crippen molar-refractivity contribution in [3.05, 3.63) is 24.0 Å². The van der Waals surface area contributed by atoms with E-state index < -0.39 is 0 Å². The summed E-state index contributed by atoms with van der Waals surface area (Å²) in [4.78, 5) is 4.08. The van der Waals surface area contributed by atoms with Gasteiger partial charge >= 0.3 is 0 Å². The first-order chi connectivity index (χ1) is 7.41. The van der Waals surface area contributed by atoms with Crippen LogP contribution in [0.15, 0.2) is 18.5 Å². The zero-order valence-corrected chi connectivity index (χ0v) is 10.5. The summed E-state index contributed by atoms with van der Waals surface area (Å²) in [7, 11) is 0. The smallest absolute Gasteiger partial charge is 0.0377 e. The van der Waals surface area contributed by atoms with E-state index in [9.17, 15) is 0 Å². The van der Waals surface area contributed by atoms with Gasteiger partial charge in [-0.25, -0.2) is 0 Å². The van der Waals surface area contributed by atoms with Crippen LogP contribution in [0.1, 0.15) is 39.2 Å². The second kappa shape index (κ2) is 5.30. The minimum Gasteiger partial charge on any atom is -0.398 e. The van der Waals surface area contributed by atoms with E-state index >= 15 is 0 Å². The Hall–Kier alpha value is -1.09. The predicted molar refractivity (Wildman–Crippen MR) is 69.0 cm³/mol.